The second-order valence-electron chi connectivity index (χ2n) is 6.91. The van der Waals surface area contributed by atoms with E-state index in [0.717, 1.165) is 12.0 Å². The molecule has 0 bridgehead atoms. The highest BCUT2D eigenvalue weighted by Gasteiger charge is 2.26. The van der Waals surface area contributed by atoms with Gasteiger partial charge in [0.1, 0.15) is 5.75 Å². The number of carbonyl (C=O) groups is 1. The summed E-state index contributed by atoms with van der Waals surface area (Å²) >= 11 is 0. The summed E-state index contributed by atoms with van der Waals surface area (Å²) in [5.74, 6) is 1.91. The first-order chi connectivity index (χ1) is 13.9. The summed E-state index contributed by atoms with van der Waals surface area (Å²) < 4.78 is 22.5. The van der Waals surface area contributed by atoms with Crippen molar-refractivity contribution in [3.8, 4) is 28.7 Å². The minimum atomic E-state index is -0.278. The van der Waals surface area contributed by atoms with Crippen LogP contribution in [0.1, 0.15) is 29.8 Å². The van der Waals surface area contributed by atoms with Crippen LogP contribution in [0.25, 0.3) is 0 Å². The van der Waals surface area contributed by atoms with Crippen molar-refractivity contribution >= 4 is 5.91 Å². The fourth-order valence-electron chi connectivity index (χ4n) is 2.84. The lowest BCUT2D eigenvalue weighted by Crippen LogP contribution is -2.27. The lowest BCUT2D eigenvalue weighted by atomic mass is 10.1. The van der Waals surface area contributed by atoms with Crippen molar-refractivity contribution < 1.29 is 23.7 Å². The Bertz CT molecular complexity index is 819. The Morgan fingerprint density at radius 3 is 2.14 bits per heavy atom. The van der Waals surface area contributed by atoms with Crippen LogP contribution in [0, 0.1) is 5.92 Å². The number of rotatable bonds is 10. The number of benzene rings is 2. The van der Waals surface area contributed by atoms with Gasteiger partial charge < -0.3 is 30.0 Å². The topological polar surface area (TPSA) is 92.0 Å². The molecule has 3 N–H and O–H groups in total. The van der Waals surface area contributed by atoms with E-state index in [-0.39, 0.29) is 11.7 Å². The molecule has 0 fully saturated rings. The Morgan fingerprint density at radius 2 is 1.62 bits per heavy atom. The first-order valence-electron chi connectivity index (χ1n) is 9.53. The number of nitrogens with two attached hydrogens (primary N) is 1. The van der Waals surface area contributed by atoms with Gasteiger partial charge in [-0.1, -0.05) is 26.0 Å². The van der Waals surface area contributed by atoms with Gasteiger partial charge in [-0.05, 0) is 36.6 Å². The Kier molecular flexibility index (Phi) is 8.15. The largest absolute Gasteiger partial charge is 0.492 e. The van der Waals surface area contributed by atoms with E-state index < -0.39 is 0 Å². The molecule has 0 aliphatic heterocycles. The average molecular weight is 402 g/mol. The van der Waals surface area contributed by atoms with Crippen molar-refractivity contribution in [2.24, 2.45) is 11.7 Å². The number of carbonyl (C=O) groups excluding carboxylic acids is 1. The Morgan fingerprint density at radius 1 is 1.00 bits per heavy atom. The number of methoxy groups -OCH3 is 3. The SMILES string of the molecule is COc1c(Oc2ccc(CCN)cc2)cc(C(=O)NCC(C)C)c(OC)c1OC. The summed E-state index contributed by atoms with van der Waals surface area (Å²) in [4.78, 5) is 12.8. The highest BCUT2D eigenvalue weighted by molar-refractivity contribution is 5.99. The van der Waals surface area contributed by atoms with Crippen LogP contribution in [0.15, 0.2) is 30.3 Å². The Labute approximate surface area is 172 Å². The number of nitrogens with one attached hydrogen (secondary N) is 1. The lowest BCUT2D eigenvalue weighted by Gasteiger charge is -2.19. The van der Waals surface area contributed by atoms with Gasteiger partial charge in [0.25, 0.3) is 5.91 Å². The van der Waals surface area contributed by atoms with Gasteiger partial charge in [0.05, 0.1) is 26.9 Å². The smallest absolute Gasteiger partial charge is 0.255 e. The summed E-state index contributed by atoms with van der Waals surface area (Å²) in [5, 5.41) is 2.89. The maximum Gasteiger partial charge on any atom is 0.255 e. The van der Waals surface area contributed by atoms with E-state index in [4.69, 9.17) is 24.7 Å². The molecule has 2 aromatic carbocycles. The van der Waals surface area contributed by atoms with Gasteiger partial charge in [-0.2, -0.15) is 0 Å². The first-order valence-corrected chi connectivity index (χ1v) is 9.53. The summed E-state index contributed by atoms with van der Waals surface area (Å²) in [6.07, 6.45) is 0.792. The monoisotopic (exact) mass is 402 g/mol. The molecule has 1 amide bonds. The summed E-state index contributed by atoms with van der Waals surface area (Å²) in [6.45, 7) is 5.16. The van der Waals surface area contributed by atoms with Gasteiger partial charge in [0, 0.05) is 12.6 Å². The van der Waals surface area contributed by atoms with Gasteiger partial charge in [-0.15, -0.1) is 0 Å². The normalized spacial score (nSPS) is 10.6. The van der Waals surface area contributed by atoms with Crippen LogP contribution in [-0.2, 0) is 6.42 Å². The van der Waals surface area contributed by atoms with Gasteiger partial charge in [0.15, 0.2) is 11.5 Å². The molecule has 2 aromatic rings. The molecule has 0 heterocycles. The second-order valence-corrected chi connectivity index (χ2v) is 6.91. The predicted octanol–water partition coefficient (Wildman–Crippen LogP) is 3.39. The minimum Gasteiger partial charge on any atom is -0.492 e. The third kappa shape index (κ3) is 5.54. The van der Waals surface area contributed by atoms with E-state index in [1.807, 2.05) is 38.1 Å². The van der Waals surface area contributed by atoms with Crippen LogP contribution < -0.4 is 30.0 Å². The summed E-state index contributed by atoms with van der Waals surface area (Å²) in [7, 11) is 4.47. The third-order valence-electron chi connectivity index (χ3n) is 4.27. The second kappa shape index (κ2) is 10.6. The highest BCUT2D eigenvalue weighted by Crippen LogP contribution is 2.47. The number of hydrogen-bond donors (Lipinski definition) is 2. The van der Waals surface area contributed by atoms with Crippen molar-refractivity contribution in [1.29, 1.82) is 0 Å². The molecule has 0 aliphatic rings. The van der Waals surface area contributed by atoms with E-state index >= 15 is 0 Å². The lowest BCUT2D eigenvalue weighted by molar-refractivity contribution is 0.0944. The molecule has 7 nitrogen and oxygen atoms in total. The molecule has 0 aromatic heterocycles. The molecular formula is C22H30N2O5. The van der Waals surface area contributed by atoms with Gasteiger partial charge in [-0.25, -0.2) is 0 Å². The van der Waals surface area contributed by atoms with Crippen LogP contribution in [-0.4, -0.2) is 40.3 Å². The number of hydrogen-bond acceptors (Lipinski definition) is 6. The molecule has 0 saturated heterocycles. The van der Waals surface area contributed by atoms with Crippen molar-refractivity contribution in [2.75, 3.05) is 34.4 Å². The molecule has 7 heteroatoms. The first kappa shape index (κ1) is 22.4. The Hall–Kier alpha value is -2.93. The van der Waals surface area contributed by atoms with Gasteiger partial charge in [0.2, 0.25) is 11.5 Å². The quantitative estimate of drug-likeness (QED) is 0.633. The molecule has 0 atom stereocenters. The zero-order valence-electron chi connectivity index (χ0n) is 17.7. The highest BCUT2D eigenvalue weighted by atomic mass is 16.5. The summed E-state index contributed by atoms with van der Waals surface area (Å²) in [5.41, 5.74) is 7.02. The van der Waals surface area contributed by atoms with E-state index in [1.165, 1.54) is 21.3 Å². The van der Waals surface area contributed by atoms with E-state index in [0.29, 0.717) is 47.6 Å². The fourth-order valence-corrected chi connectivity index (χ4v) is 2.84. The third-order valence-corrected chi connectivity index (χ3v) is 4.27. The molecule has 158 valence electrons. The Balaban J connectivity index is 2.46. The number of ether oxygens (including phenoxy) is 4. The molecule has 0 aliphatic carbocycles. The molecule has 0 spiro atoms. The summed E-state index contributed by atoms with van der Waals surface area (Å²) in [6, 6.07) is 9.19. The predicted molar refractivity (Wildman–Crippen MR) is 113 cm³/mol. The zero-order chi connectivity index (χ0) is 21.4. The van der Waals surface area contributed by atoms with Crippen LogP contribution in [0.5, 0.6) is 28.7 Å². The van der Waals surface area contributed by atoms with Crippen molar-refractivity contribution in [1.82, 2.24) is 5.32 Å². The maximum absolute atomic E-state index is 12.8. The molecule has 2 rings (SSSR count). The van der Waals surface area contributed by atoms with E-state index in [1.54, 1.807) is 6.07 Å². The van der Waals surface area contributed by atoms with Crippen molar-refractivity contribution in [2.45, 2.75) is 20.3 Å². The van der Waals surface area contributed by atoms with Gasteiger partial charge >= 0.3 is 0 Å². The minimum absolute atomic E-state index is 0.278. The van der Waals surface area contributed by atoms with E-state index in [9.17, 15) is 4.79 Å². The van der Waals surface area contributed by atoms with Gasteiger partial charge in [-0.3, -0.25) is 4.79 Å². The van der Waals surface area contributed by atoms with E-state index in [2.05, 4.69) is 5.32 Å². The molecular weight excluding hydrogens is 372 g/mol. The van der Waals surface area contributed by atoms with Crippen LogP contribution >= 0.6 is 0 Å². The standard InChI is InChI=1S/C22H30N2O5/c1-14(2)13-24-22(25)17-12-18(20(27-4)21(28-5)19(17)26-3)29-16-8-6-15(7-9-16)10-11-23/h6-9,12,14H,10-11,13,23H2,1-5H3,(H,24,25). The van der Waals surface area contributed by atoms with Crippen molar-refractivity contribution in [3.63, 3.8) is 0 Å². The molecule has 0 unspecified atom stereocenters. The molecule has 0 saturated carbocycles. The van der Waals surface area contributed by atoms with Crippen LogP contribution in [0.4, 0.5) is 0 Å². The van der Waals surface area contributed by atoms with Crippen LogP contribution in [0.2, 0.25) is 0 Å². The zero-order valence-corrected chi connectivity index (χ0v) is 17.7. The maximum atomic E-state index is 12.8. The fraction of sp³-hybridized carbons (Fsp3) is 0.409. The number of amides is 1. The molecule has 0 radical (unpaired) electrons. The van der Waals surface area contributed by atoms with Crippen molar-refractivity contribution in [3.05, 3.63) is 41.5 Å². The molecule has 29 heavy (non-hydrogen) atoms. The average Bonchev–Trinajstić information content (AvgIpc) is 2.72. The van der Waals surface area contributed by atoms with Crippen LogP contribution in [0.3, 0.4) is 0 Å².